The lowest BCUT2D eigenvalue weighted by Gasteiger charge is -2.13. The molecule has 0 atom stereocenters. The van der Waals surface area contributed by atoms with Crippen molar-refractivity contribution in [1.29, 1.82) is 0 Å². The number of ether oxygens (including phenoxy) is 2. The molecule has 0 aliphatic carbocycles. The number of sulfonamides is 1. The minimum Gasteiger partial charge on any atom is -0.508 e. The summed E-state index contributed by atoms with van der Waals surface area (Å²) in [6.45, 7) is 2.75. The number of nitrogens with one attached hydrogen (secondary N) is 2. The van der Waals surface area contributed by atoms with Crippen molar-refractivity contribution in [1.82, 2.24) is 5.32 Å². The molecule has 252 valence electrons. The maximum atomic E-state index is 13.0. The maximum absolute atomic E-state index is 13.0. The zero-order valence-electron chi connectivity index (χ0n) is 27.0. The molecule has 0 aliphatic rings. The molecular formula is C38H36N2O8S. The molecule has 5 aromatic rings. The Morgan fingerprint density at radius 2 is 1.49 bits per heavy atom. The number of anilines is 1. The Kier molecular flexibility index (Phi) is 10.8. The quantitative estimate of drug-likeness (QED) is 0.0934. The van der Waals surface area contributed by atoms with E-state index < -0.39 is 16.0 Å². The predicted octanol–water partition coefficient (Wildman–Crippen LogP) is 6.82. The Labute approximate surface area is 285 Å². The van der Waals surface area contributed by atoms with Gasteiger partial charge in [-0.1, -0.05) is 48.5 Å². The second kappa shape index (κ2) is 15.4. The molecule has 5 aromatic carbocycles. The normalized spacial score (nSPS) is 11.1. The Morgan fingerprint density at radius 1 is 0.796 bits per heavy atom. The van der Waals surface area contributed by atoms with E-state index in [9.17, 15) is 28.2 Å². The maximum Gasteiger partial charge on any atom is 0.339 e. The molecule has 5 rings (SSSR count). The second-order valence-corrected chi connectivity index (χ2v) is 13.0. The van der Waals surface area contributed by atoms with E-state index in [0.717, 1.165) is 39.6 Å². The van der Waals surface area contributed by atoms with Crippen LogP contribution in [-0.4, -0.2) is 44.2 Å². The van der Waals surface area contributed by atoms with Crippen LogP contribution in [0.4, 0.5) is 5.69 Å². The number of methoxy groups -OCH3 is 1. The SMILES string of the molecule is COc1ccc(S(=O)(=O)Nc2cccc(CCCOc3ccc(CNC(=O)c4ccc(-c5ccc(O)cc5)cc4)cc3C)c2)cc1C(=O)O. The van der Waals surface area contributed by atoms with Crippen LogP contribution < -0.4 is 19.5 Å². The molecule has 0 radical (unpaired) electrons. The third kappa shape index (κ3) is 8.96. The first-order chi connectivity index (χ1) is 23.5. The molecule has 0 unspecified atom stereocenters. The van der Waals surface area contributed by atoms with E-state index in [2.05, 4.69) is 10.0 Å². The van der Waals surface area contributed by atoms with Crippen LogP contribution in [0.2, 0.25) is 0 Å². The average Bonchev–Trinajstić information content (AvgIpc) is 3.09. The summed E-state index contributed by atoms with van der Waals surface area (Å²) < 4.78 is 39.5. The summed E-state index contributed by atoms with van der Waals surface area (Å²) in [5, 5.41) is 21.8. The predicted molar refractivity (Wildman–Crippen MR) is 187 cm³/mol. The van der Waals surface area contributed by atoms with E-state index in [0.29, 0.717) is 37.2 Å². The van der Waals surface area contributed by atoms with Crippen molar-refractivity contribution < 1.29 is 37.7 Å². The van der Waals surface area contributed by atoms with Gasteiger partial charge in [-0.15, -0.1) is 0 Å². The van der Waals surface area contributed by atoms with Gasteiger partial charge in [0.1, 0.15) is 22.8 Å². The van der Waals surface area contributed by atoms with Crippen LogP contribution in [0.25, 0.3) is 11.1 Å². The summed E-state index contributed by atoms with van der Waals surface area (Å²) >= 11 is 0. The molecule has 0 saturated carbocycles. The molecule has 0 heterocycles. The van der Waals surface area contributed by atoms with Crippen LogP contribution in [0.5, 0.6) is 17.2 Å². The van der Waals surface area contributed by atoms with Gasteiger partial charge in [-0.25, -0.2) is 13.2 Å². The monoisotopic (exact) mass is 680 g/mol. The van der Waals surface area contributed by atoms with Crippen molar-refractivity contribution in [2.75, 3.05) is 18.4 Å². The number of aromatic hydroxyl groups is 1. The van der Waals surface area contributed by atoms with Crippen molar-refractivity contribution in [3.05, 3.63) is 137 Å². The minimum absolute atomic E-state index is 0.0668. The lowest BCUT2D eigenvalue weighted by Crippen LogP contribution is -2.22. The molecule has 0 saturated heterocycles. The number of carboxylic acids is 1. The zero-order valence-corrected chi connectivity index (χ0v) is 27.8. The number of amides is 1. The molecular weight excluding hydrogens is 644 g/mol. The number of benzene rings is 5. The van der Waals surface area contributed by atoms with E-state index in [1.807, 2.05) is 55.5 Å². The van der Waals surface area contributed by atoms with Gasteiger partial charge in [0.15, 0.2) is 0 Å². The molecule has 4 N–H and O–H groups in total. The topological polar surface area (TPSA) is 151 Å². The number of phenolic OH excluding ortho intramolecular Hbond substituents is 1. The standard InChI is InChI=1S/C38H36N2O8S/c1-25-21-27(24-39-37(42)30-11-9-28(10-12-30)29-13-15-32(41)16-14-29)8-18-35(25)48-20-4-6-26-5-3-7-31(22-26)40-49(45,46)33-17-19-36(47-2)34(23-33)38(43)44/h3,5,7-19,21-23,40-41H,4,6,20,24H2,1-2H3,(H,39,42)(H,43,44). The van der Waals surface area contributed by atoms with Crippen molar-refractivity contribution in [2.45, 2.75) is 31.2 Å². The van der Waals surface area contributed by atoms with Gasteiger partial charge in [0, 0.05) is 17.8 Å². The first-order valence-electron chi connectivity index (χ1n) is 15.5. The molecule has 11 heteroatoms. The Bertz CT molecular complexity index is 2060. The van der Waals surface area contributed by atoms with Crippen LogP contribution in [0.1, 0.15) is 43.8 Å². The number of hydrogen-bond acceptors (Lipinski definition) is 7. The van der Waals surface area contributed by atoms with Crippen molar-refractivity contribution >= 4 is 27.6 Å². The smallest absolute Gasteiger partial charge is 0.339 e. The Hall–Kier alpha value is -5.81. The first-order valence-corrected chi connectivity index (χ1v) is 16.9. The lowest BCUT2D eigenvalue weighted by molar-refractivity contribution is 0.0692. The van der Waals surface area contributed by atoms with E-state index >= 15 is 0 Å². The van der Waals surface area contributed by atoms with E-state index in [1.165, 1.54) is 19.2 Å². The largest absolute Gasteiger partial charge is 0.508 e. The highest BCUT2D eigenvalue weighted by atomic mass is 32.2. The highest BCUT2D eigenvalue weighted by Crippen LogP contribution is 2.26. The highest BCUT2D eigenvalue weighted by Gasteiger charge is 2.20. The molecule has 1 amide bonds. The van der Waals surface area contributed by atoms with Gasteiger partial charge < -0.3 is 25.0 Å². The fourth-order valence-corrected chi connectivity index (χ4v) is 6.30. The van der Waals surface area contributed by atoms with Crippen molar-refractivity contribution in [3.8, 4) is 28.4 Å². The summed E-state index contributed by atoms with van der Waals surface area (Å²) in [6.07, 6.45) is 1.32. The summed E-state index contributed by atoms with van der Waals surface area (Å²) in [7, 11) is -2.72. The van der Waals surface area contributed by atoms with E-state index in [1.54, 1.807) is 42.5 Å². The van der Waals surface area contributed by atoms with Gasteiger partial charge in [-0.05, 0) is 108 Å². The van der Waals surface area contributed by atoms with Crippen molar-refractivity contribution in [3.63, 3.8) is 0 Å². The first kappa shape index (κ1) is 34.5. The number of carboxylic acid groups (broad SMARTS) is 1. The summed E-state index contributed by atoms with van der Waals surface area (Å²) in [4.78, 5) is 24.1. The second-order valence-electron chi connectivity index (χ2n) is 11.3. The van der Waals surface area contributed by atoms with Crippen LogP contribution in [0.3, 0.4) is 0 Å². The van der Waals surface area contributed by atoms with E-state index in [4.69, 9.17) is 9.47 Å². The number of carbonyl (C=O) groups is 2. The van der Waals surface area contributed by atoms with Crippen LogP contribution in [-0.2, 0) is 23.0 Å². The number of aryl methyl sites for hydroxylation is 2. The molecule has 0 bridgehead atoms. The average molecular weight is 681 g/mol. The van der Waals surface area contributed by atoms with E-state index in [-0.39, 0.29) is 27.9 Å². The summed E-state index contributed by atoms with van der Waals surface area (Å²) in [5.74, 6) is -0.466. The third-order valence-corrected chi connectivity index (χ3v) is 9.18. The molecule has 0 aliphatic heterocycles. The fraction of sp³-hybridized carbons (Fsp3) is 0.158. The van der Waals surface area contributed by atoms with Gasteiger partial charge >= 0.3 is 5.97 Å². The number of phenols is 1. The number of carbonyl (C=O) groups excluding carboxylic acids is 1. The number of rotatable bonds is 14. The summed E-state index contributed by atoms with van der Waals surface area (Å²) in [5.41, 5.74) is 5.33. The fourth-order valence-electron chi connectivity index (χ4n) is 5.22. The van der Waals surface area contributed by atoms with Gasteiger partial charge in [-0.3, -0.25) is 9.52 Å². The lowest BCUT2D eigenvalue weighted by atomic mass is 10.0. The van der Waals surface area contributed by atoms with Gasteiger partial charge in [-0.2, -0.15) is 0 Å². The zero-order chi connectivity index (χ0) is 35.0. The van der Waals surface area contributed by atoms with Crippen LogP contribution >= 0.6 is 0 Å². The summed E-state index contributed by atoms with van der Waals surface area (Å²) in [6, 6.07) is 30.6. The number of aromatic carboxylic acids is 1. The number of hydrogen-bond donors (Lipinski definition) is 4. The molecule has 0 spiro atoms. The van der Waals surface area contributed by atoms with Gasteiger partial charge in [0.05, 0.1) is 18.6 Å². The molecule has 49 heavy (non-hydrogen) atoms. The Balaban J connectivity index is 1.09. The third-order valence-electron chi connectivity index (χ3n) is 7.80. The van der Waals surface area contributed by atoms with Crippen molar-refractivity contribution in [2.24, 2.45) is 0 Å². The minimum atomic E-state index is -4.04. The molecule has 10 nitrogen and oxygen atoms in total. The highest BCUT2D eigenvalue weighted by molar-refractivity contribution is 7.92. The van der Waals surface area contributed by atoms with Crippen LogP contribution in [0.15, 0.2) is 114 Å². The van der Waals surface area contributed by atoms with Crippen LogP contribution in [0, 0.1) is 6.92 Å². The Morgan fingerprint density at radius 3 is 2.16 bits per heavy atom. The molecule has 0 aromatic heterocycles. The van der Waals surface area contributed by atoms with Gasteiger partial charge in [0.25, 0.3) is 15.9 Å². The molecule has 0 fully saturated rings. The van der Waals surface area contributed by atoms with Gasteiger partial charge in [0.2, 0.25) is 0 Å².